The van der Waals surface area contributed by atoms with Gasteiger partial charge in [-0.2, -0.15) is 0 Å². The van der Waals surface area contributed by atoms with Crippen molar-refractivity contribution >= 4 is 11.7 Å². The zero-order valence-electron chi connectivity index (χ0n) is 15.9. The van der Waals surface area contributed by atoms with Crippen molar-refractivity contribution < 1.29 is 9.53 Å². The molecule has 3 aliphatic heterocycles. The summed E-state index contributed by atoms with van der Waals surface area (Å²) in [5, 5.41) is 0. The molecule has 1 aromatic rings. The van der Waals surface area contributed by atoms with Crippen LogP contribution >= 0.6 is 0 Å². The Hall–Kier alpha value is -1.89. The van der Waals surface area contributed by atoms with Gasteiger partial charge in [-0.1, -0.05) is 0 Å². The van der Waals surface area contributed by atoms with Gasteiger partial charge in [0.1, 0.15) is 0 Å². The van der Waals surface area contributed by atoms with Crippen LogP contribution in [0, 0.1) is 5.41 Å². The van der Waals surface area contributed by atoms with Gasteiger partial charge in [0, 0.05) is 51.0 Å². The summed E-state index contributed by atoms with van der Waals surface area (Å²) < 4.78 is 5.37. The molecule has 7 nitrogen and oxygen atoms in total. The molecule has 4 rings (SSSR count). The predicted molar refractivity (Wildman–Crippen MR) is 99.3 cm³/mol. The Morgan fingerprint density at radius 1 is 1.15 bits per heavy atom. The van der Waals surface area contributed by atoms with E-state index in [0.29, 0.717) is 24.2 Å². The van der Waals surface area contributed by atoms with Gasteiger partial charge in [-0.25, -0.2) is 9.97 Å². The van der Waals surface area contributed by atoms with Crippen LogP contribution in [0.4, 0.5) is 5.82 Å². The molecule has 1 aromatic heterocycles. The molecule has 0 bridgehead atoms. The predicted octanol–water partition coefficient (Wildman–Crippen LogP) is 1.40. The third kappa shape index (κ3) is 3.24. The first-order chi connectivity index (χ1) is 12.6. The fraction of sp³-hybridized carbons (Fsp3) is 0.737. The SMILES string of the molecule is COc1nccnc1N1CCC2(CCC(=O)N(C3CCN(C)C3)C2)CC1. The molecule has 26 heavy (non-hydrogen) atoms. The summed E-state index contributed by atoms with van der Waals surface area (Å²) in [5.41, 5.74) is 0.265. The number of carbonyl (C=O) groups excluding carboxylic acids is 1. The number of piperidine rings is 2. The summed E-state index contributed by atoms with van der Waals surface area (Å²) in [6, 6.07) is 0.405. The summed E-state index contributed by atoms with van der Waals surface area (Å²) in [5.74, 6) is 1.79. The number of ether oxygens (including phenoxy) is 1. The number of methoxy groups -OCH3 is 1. The second-order valence-corrected chi connectivity index (χ2v) is 8.10. The van der Waals surface area contributed by atoms with E-state index in [1.807, 2.05) is 0 Å². The molecule has 3 fully saturated rings. The van der Waals surface area contributed by atoms with Crippen molar-refractivity contribution in [3.8, 4) is 5.88 Å². The van der Waals surface area contributed by atoms with Gasteiger partial charge in [-0.05, 0) is 44.7 Å². The van der Waals surface area contributed by atoms with Gasteiger partial charge in [0.15, 0.2) is 5.82 Å². The Morgan fingerprint density at radius 3 is 2.62 bits per heavy atom. The number of amides is 1. The molecule has 3 saturated heterocycles. The van der Waals surface area contributed by atoms with Crippen LogP contribution in [0.2, 0.25) is 0 Å². The quantitative estimate of drug-likeness (QED) is 0.813. The molecule has 1 spiro atoms. The van der Waals surface area contributed by atoms with Crippen molar-refractivity contribution in [2.45, 2.75) is 38.1 Å². The maximum Gasteiger partial charge on any atom is 0.257 e. The molecule has 0 aromatic carbocycles. The normalized spacial score (nSPS) is 26.5. The highest BCUT2D eigenvalue weighted by Gasteiger charge is 2.44. The van der Waals surface area contributed by atoms with Gasteiger partial charge in [-0.3, -0.25) is 4.79 Å². The van der Waals surface area contributed by atoms with E-state index in [1.54, 1.807) is 19.5 Å². The number of likely N-dealkylation sites (N-methyl/N-ethyl adjacent to an activating group) is 1. The van der Waals surface area contributed by atoms with E-state index < -0.39 is 0 Å². The standard InChI is InChI=1S/C19H29N5O2/c1-22-10-4-15(13-22)24-14-19(5-3-16(24)25)6-11-23(12-7-19)17-18(26-2)21-9-8-20-17/h8-9,15H,3-7,10-14H2,1-2H3. The highest BCUT2D eigenvalue weighted by atomic mass is 16.5. The minimum absolute atomic E-state index is 0.265. The van der Waals surface area contributed by atoms with Crippen molar-refractivity contribution in [3.63, 3.8) is 0 Å². The number of aromatic nitrogens is 2. The number of likely N-dealkylation sites (tertiary alicyclic amines) is 2. The van der Waals surface area contributed by atoms with Gasteiger partial charge in [0.05, 0.1) is 7.11 Å². The largest absolute Gasteiger partial charge is 0.478 e. The van der Waals surface area contributed by atoms with E-state index in [4.69, 9.17) is 4.74 Å². The van der Waals surface area contributed by atoms with Crippen molar-refractivity contribution in [2.24, 2.45) is 5.41 Å². The molecule has 7 heteroatoms. The Bertz CT molecular complexity index is 659. The molecule has 1 unspecified atom stereocenters. The molecule has 0 N–H and O–H groups in total. The monoisotopic (exact) mass is 359 g/mol. The van der Waals surface area contributed by atoms with Crippen molar-refractivity contribution in [2.75, 3.05) is 51.8 Å². The lowest BCUT2D eigenvalue weighted by Gasteiger charge is -2.49. The van der Waals surface area contributed by atoms with E-state index >= 15 is 0 Å². The number of hydrogen-bond donors (Lipinski definition) is 0. The zero-order chi connectivity index (χ0) is 18.1. The number of rotatable bonds is 3. The molecule has 142 valence electrons. The van der Waals surface area contributed by atoms with Crippen molar-refractivity contribution in [1.29, 1.82) is 0 Å². The average Bonchev–Trinajstić information content (AvgIpc) is 3.11. The van der Waals surface area contributed by atoms with E-state index in [9.17, 15) is 4.79 Å². The molecular weight excluding hydrogens is 330 g/mol. The summed E-state index contributed by atoms with van der Waals surface area (Å²) in [4.78, 5) is 28.1. The van der Waals surface area contributed by atoms with Gasteiger partial charge < -0.3 is 19.4 Å². The third-order valence-corrected chi connectivity index (χ3v) is 6.47. The van der Waals surface area contributed by atoms with Crippen molar-refractivity contribution in [1.82, 2.24) is 19.8 Å². The van der Waals surface area contributed by atoms with Crippen LogP contribution in [-0.4, -0.2) is 78.6 Å². The van der Waals surface area contributed by atoms with Crippen LogP contribution in [0.25, 0.3) is 0 Å². The molecular formula is C19H29N5O2. The summed E-state index contributed by atoms with van der Waals surface area (Å²) >= 11 is 0. The molecule has 0 saturated carbocycles. The van der Waals surface area contributed by atoms with Crippen LogP contribution in [0.5, 0.6) is 5.88 Å². The van der Waals surface area contributed by atoms with Gasteiger partial charge in [0.2, 0.25) is 5.91 Å². The summed E-state index contributed by atoms with van der Waals surface area (Å²) in [6.07, 6.45) is 8.42. The second-order valence-electron chi connectivity index (χ2n) is 8.10. The molecule has 0 aliphatic carbocycles. The first-order valence-corrected chi connectivity index (χ1v) is 9.68. The second kappa shape index (κ2) is 7.02. The van der Waals surface area contributed by atoms with E-state index in [0.717, 1.165) is 64.2 Å². The molecule has 3 aliphatic rings. The minimum atomic E-state index is 0.265. The Labute approximate surface area is 155 Å². The van der Waals surface area contributed by atoms with Crippen LogP contribution in [0.1, 0.15) is 32.1 Å². The van der Waals surface area contributed by atoms with Crippen LogP contribution < -0.4 is 9.64 Å². The van der Waals surface area contributed by atoms with Crippen LogP contribution in [0.15, 0.2) is 12.4 Å². The van der Waals surface area contributed by atoms with E-state index in [1.165, 1.54) is 0 Å². The fourth-order valence-electron chi connectivity index (χ4n) is 4.82. The lowest BCUT2D eigenvalue weighted by Crippen LogP contribution is -2.55. The maximum absolute atomic E-state index is 12.5. The van der Waals surface area contributed by atoms with E-state index in [2.05, 4.69) is 31.7 Å². The highest BCUT2D eigenvalue weighted by molar-refractivity contribution is 5.77. The van der Waals surface area contributed by atoms with Crippen LogP contribution in [0.3, 0.4) is 0 Å². The fourth-order valence-corrected chi connectivity index (χ4v) is 4.82. The summed E-state index contributed by atoms with van der Waals surface area (Å²) in [7, 11) is 3.79. The van der Waals surface area contributed by atoms with Gasteiger partial charge >= 0.3 is 0 Å². The first kappa shape index (κ1) is 17.5. The van der Waals surface area contributed by atoms with E-state index in [-0.39, 0.29) is 5.41 Å². The minimum Gasteiger partial charge on any atom is -0.478 e. The first-order valence-electron chi connectivity index (χ1n) is 9.68. The number of carbonyl (C=O) groups is 1. The number of hydrogen-bond acceptors (Lipinski definition) is 6. The van der Waals surface area contributed by atoms with Crippen LogP contribution in [-0.2, 0) is 4.79 Å². The lowest BCUT2D eigenvalue weighted by molar-refractivity contribution is -0.141. The van der Waals surface area contributed by atoms with Gasteiger partial charge in [-0.15, -0.1) is 0 Å². The Morgan fingerprint density at radius 2 is 1.92 bits per heavy atom. The average molecular weight is 359 g/mol. The molecule has 1 amide bonds. The summed E-state index contributed by atoms with van der Waals surface area (Å²) in [6.45, 7) is 4.94. The Kier molecular flexibility index (Phi) is 4.73. The Balaban J connectivity index is 1.43. The topological polar surface area (TPSA) is 61.8 Å². The van der Waals surface area contributed by atoms with Gasteiger partial charge in [0.25, 0.3) is 5.88 Å². The molecule has 4 heterocycles. The highest BCUT2D eigenvalue weighted by Crippen LogP contribution is 2.42. The number of anilines is 1. The lowest BCUT2D eigenvalue weighted by atomic mass is 9.72. The third-order valence-electron chi connectivity index (χ3n) is 6.47. The van der Waals surface area contributed by atoms with Crippen molar-refractivity contribution in [3.05, 3.63) is 12.4 Å². The maximum atomic E-state index is 12.5. The zero-order valence-corrected chi connectivity index (χ0v) is 15.9. The molecule has 1 atom stereocenters. The molecule has 0 radical (unpaired) electrons. The number of nitrogens with zero attached hydrogens (tertiary/aromatic N) is 5. The smallest absolute Gasteiger partial charge is 0.257 e.